The predicted molar refractivity (Wildman–Crippen MR) is 70.7 cm³/mol. The summed E-state index contributed by atoms with van der Waals surface area (Å²) in [5.74, 6) is 2.08. The fourth-order valence-corrected chi connectivity index (χ4v) is 3.38. The molecule has 4 rings (SSSR count). The van der Waals surface area contributed by atoms with Crippen molar-refractivity contribution in [1.29, 1.82) is 0 Å². The Morgan fingerprint density at radius 3 is 3.22 bits per heavy atom. The molecule has 3 aliphatic rings. The standard InChI is InChI=1S/C13H21N5/c1-2-10-6-13(10,16-4-1)9-15-12-3-5-17-18(12)11-7-14-8-11/h3,5,10-11,14-16H,1-2,4,6-9H2. The number of piperidine rings is 1. The van der Waals surface area contributed by atoms with Gasteiger partial charge in [0.1, 0.15) is 5.82 Å². The molecule has 2 atom stereocenters. The average molecular weight is 247 g/mol. The van der Waals surface area contributed by atoms with Crippen molar-refractivity contribution < 1.29 is 0 Å². The first-order valence-corrected chi connectivity index (χ1v) is 7.11. The maximum Gasteiger partial charge on any atom is 0.124 e. The van der Waals surface area contributed by atoms with Gasteiger partial charge < -0.3 is 16.0 Å². The number of hydrogen-bond donors (Lipinski definition) is 3. The van der Waals surface area contributed by atoms with Gasteiger partial charge in [0.05, 0.1) is 12.2 Å². The van der Waals surface area contributed by atoms with Gasteiger partial charge in [-0.3, -0.25) is 0 Å². The molecule has 0 spiro atoms. The second-order valence-corrected chi connectivity index (χ2v) is 5.95. The molecule has 0 amide bonds. The lowest BCUT2D eigenvalue weighted by Gasteiger charge is -2.30. The highest BCUT2D eigenvalue weighted by Crippen LogP contribution is 2.48. The van der Waals surface area contributed by atoms with Gasteiger partial charge in [0.15, 0.2) is 0 Å². The van der Waals surface area contributed by atoms with E-state index in [1.165, 1.54) is 31.6 Å². The third-order valence-corrected chi connectivity index (χ3v) is 4.80. The molecule has 5 heteroatoms. The van der Waals surface area contributed by atoms with Crippen LogP contribution in [0.4, 0.5) is 5.82 Å². The lowest BCUT2D eigenvalue weighted by atomic mass is 10.1. The molecule has 2 aliphatic heterocycles. The van der Waals surface area contributed by atoms with E-state index in [9.17, 15) is 0 Å². The molecule has 1 aromatic heterocycles. The summed E-state index contributed by atoms with van der Waals surface area (Å²) in [4.78, 5) is 0. The molecular formula is C13H21N5. The lowest BCUT2D eigenvalue weighted by molar-refractivity contribution is 0.320. The van der Waals surface area contributed by atoms with Crippen molar-refractivity contribution in [2.45, 2.75) is 30.8 Å². The molecule has 3 heterocycles. The van der Waals surface area contributed by atoms with E-state index in [0.717, 1.165) is 25.6 Å². The number of nitrogens with zero attached hydrogens (tertiary/aromatic N) is 2. The summed E-state index contributed by atoms with van der Waals surface area (Å²) >= 11 is 0. The van der Waals surface area contributed by atoms with E-state index in [1.54, 1.807) is 0 Å². The maximum absolute atomic E-state index is 4.43. The van der Waals surface area contributed by atoms with Crippen LogP contribution in [0.15, 0.2) is 12.3 Å². The number of rotatable bonds is 4. The van der Waals surface area contributed by atoms with E-state index in [4.69, 9.17) is 0 Å². The van der Waals surface area contributed by atoms with E-state index in [1.807, 2.05) is 6.20 Å². The smallest absolute Gasteiger partial charge is 0.124 e. The van der Waals surface area contributed by atoms with Gasteiger partial charge >= 0.3 is 0 Å². The van der Waals surface area contributed by atoms with Crippen molar-refractivity contribution in [2.24, 2.45) is 5.92 Å². The summed E-state index contributed by atoms with van der Waals surface area (Å²) in [5.41, 5.74) is 0.394. The first-order chi connectivity index (χ1) is 8.87. The van der Waals surface area contributed by atoms with Crippen LogP contribution in [0.1, 0.15) is 25.3 Å². The van der Waals surface area contributed by atoms with Gasteiger partial charge in [-0.2, -0.15) is 5.10 Å². The molecule has 1 saturated carbocycles. The largest absolute Gasteiger partial charge is 0.368 e. The van der Waals surface area contributed by atoms with Crippen molar-refractivity contribution in [1.82, 2.24) is 20.4 Å². The molecule has 1 aliphatic carbocycles. The van der Waals surface area contributed by atoms with E-state index < -0.39 is 0 Å². The number of fused-ring (bicyclic) bond motifs is 1. The minimum atomic E-state index is 0.394. The molecular weight excluding hydrogens is 226 g/mol. The maximum atomic E-state index is 4.43. The van der Waals surface area contributed by atoms with Gasteiger partial charge in [-0.1, -0.05) is 0 Å². The monoisotopic (exact) mass is 247 g/mol. The van der Waals surface area contributed by atoms with Gasteiger partial charge in [-0.05, 0) is 31.7 Å². The molecule has 0 aromatic carbocycles. The quantitative estimate of drug-likeness (QED) is 0.728. The van der Waals surface area contributed by atoms with Crippen LogP contribution in [0.25, 0.3) is 0 Å². The predicted octanol–water partition coefficient (Wildman–Crippen LogP) is 0.581. The molecule has 98 valence electrons. The van der Waals surface area contributed by atoms with Crippen molar-refractivity contribution in [3.63, 3.8) is 0 Å². The molecule has 1 aromatic rings. The minimum Gasteiger partial charge on any atom is -0.368 e. The number of anilines is 1. The Balaban J connectivity index is 1.41. The molecule has 3 N–H and O–H groups in total. The SMILES string of the molecule is c1cc(NCC23CC2CCCN3)n(C2CNC2)n1. The Morgan fingerprint density at radius 2 is 2.44 bits per heavy atom. The zero-order chi connectivity index (χ0) is 12.0. The molecule has 5 nitrogen and oxygen atoms in total. The normalized spacial score (nSPS) is 34.8. The van der Waals surface area contributed by atoms with E-state index >= 15 is 0 Å². The summed E-state index contributed by atoms with van der Waals surface area (Å²) in [7, 11) is 0. The Labute approximate surface area is 107 Å². The average Bonchev–Trinajstić information content (AvgIpc) is 2.89. The first kappa shape index (κ1) is 10.8. The highest BCUT2D eigenvalue weighted by Gasteiger charge is 2.54. The summed E-state index contributed by atoms with van der Waals surface area (Å²) < 4.78 is 2.13. The number of aromatic nitrogens is 2. The summed E-state index contributed by atoms with van der Waals surface area (Å²) in [6.07, 6.45) is 5.99. The summed E-state index contributed by atoms with van der Waals surface area (Å²) in [6.45, 7) is 4.32. The third-order valence-electron chi connectivity index (χ3n) is 4.80. The zero-order valence-electron chi connectivity index (χ0n) is 10.7. The van der Waals surface area contributed by atoms with Gasteiger partial charge in [-0.25, -0.2) is 4.68 Å². The molecule has 2 saturated heterocycles. The van der Waals surface area contributed by atoms with Crippen LogP contribution < -0.4 is 16.0 Å². The third kappa shape index (κ3) is 1.65. The van der Waals surface area contributed by atoms with Crippen LogP contribution in [0.2, 0.25) is 0 Å². The topological polar surface area (TPSA) is 53.9 Å². The van der Waals surface area contributed by atoms with E-state index in [-0.39, 0.29) is 0 Å². The van der Waals surface area contributed by atoms with Gasteiger partial charge in [0.2, 0.25) is 0 Å². The van der Waals surface area contributed by atoms with Gasteiger partial charge in [-0.15, -0.1) is 0 Å². The summed E-state index contributed by atoms with van der Waals surface area (Å²) in [6, 6.07) is 2.63. The minimum absolute atomic E-state index is 0.394. The van der Waals surface area contributed by atoms with E-state index in [0.29, 0.717) is 11.6 Å². The Hall–Kier alpha value is -1.07. The number of nitrogens with one attached hydrogen (secondary N) is 3. The Kier molecular flexibility index (Phi) is 2.38. The molecule has 0 radical (unpaired) electrons. The Bertz CT molecular complexity index is 438. The fourth-order valence-electron chi connectivity index (χ4n) is 3.38. The van der Waals surface area contributed by atoms with Gasteiger partial charge in [0.25, 0.3) is 0 Å². The van der Waals surface area contributed by atoms with Crippen molar-refractivity contribution >= 4 is 5.82 Å². The lowest BCUT2D eigenvalue weighted by Crippen LogP contribution is -2.45. The highest BCUT2D eigenvalue weighted by molar-refractivity contribution is 5.37. The van der Waals surface area contributed by atoms with Gasteiger partial charge in [0, 0.05) is 31.2 Å². The fraction of sp³-hybridized carbons (Fsp3) is 0.769. The Morgan fingerprint density at radius 1 is 1.50 bits per heavy atom. The second-order valence-electron chi connectivity index (χ2n) is 5.95. The van der Waals surface area contributed by atoms with Crippen LogP contribution in [0, 0.1) is 5.92 Å². The highest BCUT2D eigenvalue weighted by atomic mass is 15.4. The first-order valence-electron chi connectivity index (χ1n) is 7.11. The summed E-state index contributed by atoms with van der Waals surface area (Å²) in [5, 5.41) is 15.0. The van der Waals surface area contributed by atoms with Crippen molar-refractivity contribution in [2.75, 3.05) is 31.5 Å². The van der Waals surface area contributed by atoms with Crippen LogP contribution in [-0.4, -0.2) is 41.5 Å². The molecule has 2 unspecified atom stereocenters. The zero-order valence-corrected chi connectivity index (χ0v) is 10.7. The molecule has 3 fully saturated rings. The van der Waals surface area contributed by atoms with Crippen LogP contribution in [0.5, 0.6) is 0 Å². The molecule has 0 bridgehead atoms. The van der Waals surface area contributed by atoms with Crippen LogP contribution in [0.3, 0.4) is 0 Å². The van der Waals surface area contributed by atoms with Crippen molar-refractivity contribution in [3.8, 4) is 0 Å². The molecule has 18 heavy (non-hydrogen) atoms. The van der Waals surface area contributed by atoms with Crippen molar-refractivity contribution in [3.05, 3.63) is 12.3 Å². The second kappa shape index (κ2) is 3.96. The van der Waals surface area contributed by atoms with E-state index in [2.05, 4.69) is 31.8 Å². The van der Waals surface area contributed by atoms with Crippen LogP contribution in [-0.2, 0) is 0 Å². The number of hydrogen-bond acceptors (Lipinski definition) is 4. The van der Waals surface area contributed by atoms with Crippen LogP contribution >= 0.6 is 0 Å².